The highest BCUT2D eigenvalue weighted by atomic mass is 16.5. The molecule has 0 aliphatic rings. The van der Waals surface area contributed by atoms with Crippen molar-refractivity contribution in [1.82, 2.24) is 5.32 Å². The van der Waals surface area contributed by atoms with E-state index in [0.717, 1.165) is 5.56 Å². The van der Waals surface area contributed by atoms with E-state index in [1.807, 2.05) is 18.2 Å². The van der Waals surface area contributed by atoms with Crippen LogP contribution in [0.4, 0.5) is 0 Å². The predicted octanol–water partition coefficient (Wildman–Crippen LogP) is 2.24. The zero-order chi connectivity index (χ0) is 16.3. The third-order valence-corrected chi connectivity index (χ3v) is 4.09. The summed E-state index contributed by atoms with van der Waals surface area (Å²) in [5.41, 5.74) is -1.19. The Kier molecular flexibility index (Phi) is 4.99. The topological polar surface area (TPSA) is 75.6 Å². The molecule has 0 atom stereocenters. The van der Waals surface area contributed by atoms with Crippen LogP contribution >= 0.6 is 0 Å². The van der Waals surface area contributed by atoms with Crippen LogP contribution in [-0.2, 0) is 16.0 Å². The Hall–Kier alpha value is -2.04. The summed E-state index contributed by atoms with van der Waals surface area (Å²) in [7, 11) is 1.55. The maximum atomic E-state index is 12.2. The number of hydrogen-bond donors (Lipinski definition) is 2. The van der Waals surface area contributed by atoms with Gasteiger partial charge in [-0.05, 0) is 33.8 Å². The summed E-state index contributed by atoms with van der Waals surface area (Å²) in [6, 6.07) is 7.26. The summed E-state index contributed by atoms with van der Waals surface area (Å²) >= 11 is 0. The van der Waals surface area contributed by atoms with Crippen LogP contribution in [0.2, 0.25) is 0 Å². The zero-order valence-corrected chi connectivity index (χ0v) is 13.2. The molecule has 1 aromatic carbocycles. The first kappa shape index (κ1) is 17.0. The van der Waals surface area contributed by atoms with Crippen molar-refractivity contribution < 1.29 is 19.4 Å². The lowest BCUT2D eigenvalue weighted by molar-refractivity contribution is -0.151. The third kappa shape index (κ3) is 3.74. The molecule has 1 aromatic rings. The van der Waals surface area contributed by atoms with E-state index in [1.54, 1.807) is 40.9 Å². The number of rotatable bonds is 6. The van der Waals surface area contributed by atoms with Crippen molar-refractivity contribution in [3.8, 4) is 5.75 Å². The van der Waals surface area contributed by atoms with Crippen LogP contribution in [0.15, 0.2) is 24.3 Å². The minimum atomic E-state index is -1.08. The van der Waals surface area contributed by atoms with Crippen LogP contribution < -0.4 is 10.1 Å². The van der Waals surface area contributed by atoms with Crippen molar-refractivity contribution in [2.24, 2.45) is 5.41 Å². The Morgan fingerprint density at radius 1 is 1.19 bits per heavy atom. The minimum Gasteiger partial charge on any atom is -0.496 e. The zero-order valence-electron chi connectivity index (χ0n) is 13.2. The van der Waals surface area contributed by atoms with Crippen LogP contribution in [0.1, 0.15) is 33.3 Å². The normalized spacial score (nSPS) is 11.9. The molecule has 1 rings (SSSR count). The number of nitrogens with one attached hydrogen (secondary N) is 1. The number of benzene rings is 1. The molecule has 0 aliphatic heterocycles. The summed E-state index contributed by atoms with van der Waals surface area (Å²) in [4.78, 5) is 23.5. The van der Waals surface area contributed by atoms with Gasteiger partial charge >= 0.3 is 5.97 Å². The van der Waals surface area contributed by atoms with Gasteiger partial charge in [-0.25, -0.2) is 0 Å². The van der Waals surface area contributed by atoms with Crippen molar-refractivity contribution in [3.63, 3.8) is 0 Å². The molecule has 0 bridgehead atoms. The van der Waals surface area contributed by atoms with Crippen LogP contribution in [0, 0.1) is 5.41 Å². The molecule has 0 aromatic heterocycles. The summed E-state index contributed by atoms with van der Waals surface area (Å²) in [5.74, 6) is -0.549. The number of carboxylic acid groups (broad SMARTS) is 1. The number of carboxylic acids is 1. The quantitative estimate of drug-likeness (QED) is 0.843. The summed E-state index contributed by atoms with van der Waals surface area (Å²) in [6.07, 6.45) is 0.142. The second kappa shape index (κ2) is 6.16. The number of carbonyl (C=O) groups is 2. The van der Waals surface area contributed by atoms with E-state index >= 15 is 0 Å². The molecule has 1 amide bonds. The van der Waals surface area contributed by atoms with E-state index < -0.39 is 16.9 Å². The van der Waals surface area contributed by atoms with E-state index in [2.05, 4.69) is 5.32 Å². The summed E-state index contributed by atoms with van der Waals surface area (Å²) in [6.45, 7) is 6.61. The molecular weight excluding hydrogens is 270 g/mol. The molecule has 0 unspecified atom stereocenters. The van der Waals surface area contributed by atoms with Gasteiger partial charge in [0.1, 0.15) is 5.75 Å². The Balaban J connectivity index is 2.84. The van der Waals surface area contributed by atoms with Gasteiger partial charge < -0.3 is 15.2 Å². The molecule has 21 heavy (non-hydrogen) atoms. The second-order valence-corrected chi connectivity index (χ2v) is 6.09. The molecule has 0 spiro atoms. The van der Waals surface area contributed by atoms with Crippen molar-refractivity contribution >= 4 is 11.9 Å². The summed E-state index contributed by atoms with van der Waals surface area (Å²) < 4.78 is 5.21. The number of methoxy groups -OCH3 is 1. The van der Waals surface area contributed by atoms with Gasteiger partial charge in [-0.15, -0.1) is 0 Å². The molecule has 5 nitrogen and oxygen atoms in total. The smallest absolute Gasteiger partial charge is 0.311 e. The van der Waals surface area contributed by atoms with Crippen LogP contribution in [-0.4, -0.2) is 29.6 Å². The first-order valence-corrected chi connectivity index (χ1v) is 6.78. The molecule has 116 valence electrons. The Labute approximate surface area is 125 Å². The van der Waals surface area contributed by atoms with Crippen molar-refractivity contribution in [3.05, 3.63) is 29.8 Å². The van der Waals surface area contributed by atoms with Gasteiger partial charge in [-0.3, -0.25) is 9.59 Å². The third-order valence-electron chi connectivity index (χ3n) is 4.09. The van der Waals surface area contributed by atoms with Gasteiger partial charge in [-0.1, -0.05) is 18.2 Å². The number of ether oxygens (including phenoxy) is 1. The van der Waals surface area contributed by atoms with Crippen LogP contribution in [0.25, 0.3) is 0 Å². The first-order chi connectivity index (χ1) is 9.61. The minimum absolute atomic E-state index is 0.142. The highest BCUT2D eigenvalue weighted by Gasteiger charge is 2.44. The van der Waals surface area contributed by atoms with Crippen LogP contribution in [0.3, 0.4) is 0 Å². The number of hydrogen-bond acceptors (Lipinski definition) is 3. The average Bonchev–Trinajstić information content (AvgIpc) is 2.38. The largest absolute Gasteiger partial charge is 0.496 e. The lowest BCUT2D eigenvalue weighted by atomic mass is 9.74. The monoisotopic (exact) mass is 293 g/mol. The van der Waals surface area contributed by atoms with E-state index in [-0.39, 0.29) is 12.3 Å². The molecule has 0 saturated heterocycles. The molecule has 5 heteroatoms. The fourth-order valence-electron chi connectivity index (χ4n) is 1.84. The van der Waals surface area contributed by atoms with E-state index in [1.165, 1.54) is 0 Å². The van der Waals surface area contributed by atoms with Gasteiger partial charge in [0.15, 0.2) is 0 Å². The molecule has 0 aliphatic carbocycles. The Bertz CT molecular complexity index is 535. The van der Waals surface area contributed by atoms with Gasteiger partial charge in [0.05, 0.1) is 18.9 Å². The van der Waals surface area contributed by atoms with Crippen molar-refractivity contribution in [2.45, 2.75) is 39.7 Å². The lowest BCUT2D eigenvalue weighted by Crippen LogP contribution is -2.57. The molecule has 0 saturated carbocycles. The SMILES string of the molecule is COc1ccccc1CC(=O)NC(C)(C)C(C)(C)C(=O)O. The van der Waals surface area contributed by atoms with Gasteiger partial charge in [0.2, 0.25) is 5.91 Å². The lowest BCUT2D eigenvalue weighted by Gasteiger charge is -2.38. The van der Waals surface area contributed by atoms with E-state index in [9.17, 15) is 14.7 Å². The Morgan fingerprint density at radius 3 is 2.29 bits per heavy atom. The molecule has 0 radical (unpaired) electrons. The molecule has 0 heterocycles. The van der Waals surface area contributed by atoms with Gasteiger partial charge in [-0.2, -0.15) is 0 Å². The average molecular weight is 293 g/mol. The van der Waals surface area contributed by atoms with Crippen molar-refractivity contribution in [1.29, 1.82) is 0 Å². The maximum absolute atomic E-state index is 12.2. The fraction of sp³-hybridized carbons (Fsp3) is 0.500. The van der Waals surface area contributed by atoms with Gasteiger partial charge in [0.25, 0.3) is 0 Å². The highest BCUT2D eigenvalue weighted by molar-refractivity contribution is 5.82. The standard InChI is InChI=1S/C16H23NO4/c1-15(2,14(19)20)16(3,4)17-13(18)10-11-8-6-7-9-12(11)21-5/h6-9H,10H2,1-5H3,(H,17,18)(H,19,20). The number of carbonyl (C=O) groups excluding carboxylic acids is 1. The number of aliphatic carboxylic acids is 1. The number of amides is 1. The molecular formula is C16H23NO4. The summed E-state index contributed by atoms with van der Waals surface area (Å²) in [5, 5.41) is 12.1. The fourth-order valence-corrected chi connectivity index (χ4v) is 1.84. The van der Waals surface area contributed by atoms with Crippen molar-refractivity contribution in [2.75, 3.05) is 7.11 Å². The maximum Gasteiger partial charge on any atom is 0.311 e. The van der Waals surface area contributed by atoms with E-state index in [4.69, 9.17) is 4.74 Å². The van der Waals surface area contributed by atoms with E-state index in [0.29, 0.717) is 5.75 Å². The first-order valence-electron chi connectivity index (χ1n) is 6.78. The highest BCUT2D eigenvalue weighted by Crippen LogP contribution is 2.31. The second-order valence-electron chi connectivity index (χ2n) is 6.09. The Morgan fingerprint density at radius 2 is 1.76 bits per heavy atom. The van der Waals surface area contributed by atoms with Gasteiger partial charge in [0, 0.05) is 11.1 Å². The molecule has 2 N–H and O–H groups in total. The predicted molar refractivity (Wildman–Crippen MR) is 80.3 cm³/mol. The van der Waals surface area contributed by atoms with Crippen LogP contribution in [0.5, 0.6) is 5.75 Å². The number of para-hydroxylation sites is 1. The molecule has 0 fully saturated rings.